The average Bonchev–Trinajstić information content (AvgIpc) is 2.63. The summed E-state index contributed by atoms with van der Waals surface area (Å²) in [7, 11) is 0. The molecule has 1 aromatic rings. The van der Waals surface area contributed by atoms with Gasteiger partial charge < -0.3 is 10.6 Å². The van der Waals surface area contributed by atoms with E-state index in [4.69, 9.17) is 5.73 Å². The SMILES string of the molecule is Cc1ccc(CN2CC(CN)CC2=O)nc1. The Bertz CT molecular complexity index is 374. The molecule has 1 fully saturated rings. The summed E-state index contributed by atoms with van der Waals surface area (Å²) in [6.07, 6.45) is 2.42. The van der Waals surface area contributed by atoms with Gasteiger partial charge in [-0.1, -0.05) is 6.07 Å². The zero-order valence-corrected chi connectivity index (χ0v) is 9.52. The van der Waals surface area contributed by atoms with Crippen LogP contribution in [0.5, 0.6) is 0 Å². The minimum Gasteiger partial charge on any atom is -0.336 e. The Labute approximate surface area is 95.5 Å². The van der Waals surface area contributed by atoms with Crippen LogP contribution in [-0.2, 0) is 11.3 Å². The number of hydrogen-bond acceptors (Lipinski definition) is 3. The van der Waals surface area contributed by atoms with Gasteiger partial charge in [-0.25, -0.2) is 0 Å². The molecule has 1 atom stereocenters. The molecule has 2 rings (SSSR count). The molecule has 1 unspecified atom stereocenters. The standard InChI is InChI=1S/C12H17N3O/c1-9-2-3-11(14-6-9)8-15-7-10(5-13)4-12(15)16/h2-3,6,10H,4-5,7-8,13H2,1H3. The van der Waals surface area contributed by atoms with Crippen molar-refractivity contribution >= 4 is 5.91 Å². The summed E-state index contributed by atoms with van der Waals surface area (Å²) in [5, 5.41) is 0. The van der Waals surface area contributed by atoms with Crippen LogP contribution >= 0.6 is 0 Å². The lowest BCUT2D eigenvalue weighted by molar-refractivity contribution is -0.128. The molecule has 4 nitrogen and oxygen atoms in total. The molecular formula is C12H17N3O. The van der Waals surface area contributed by atoms with Crippen LogP contribution < -0.4 is 5.73 Å². The number of rotatable bonds is 3. The number of carbonyl (C=O) groups is 1. The predicted molar refractivity (Wildman–Crippen MR) is 61.6 cm³/mol. The lowest BCUT2D eigenvalue weighted by atomic mass is 10.1. The second kappa shape index (κ2) is 4.61. The van der Waals surface area contributed by atoms with Crippen molar-refractivity contribution in [1.82, 2.24) is 9.88 Å². The molecule has 0 bridgehead atoms. The number of likely N-dealkylation sites (tertiary alicyclic amines) is 1. The van der Waals surface area contributed by atoms with Crippen LogP contribution in [0.15, 0.2) is 18.3 Å². The normalized spacial score (nSPS) is 20.5. The van der Waals surface area contributed by atoms with Crippen molar-refractivity contribution in [2.75, 3.05) is 13.1 Å². The molecule has 16 heavy (non-hydrogen) atoms. The minimum atomic E-state index is 0.192. The highest BCUT2D eigenvalue weighted by atomic mass is 16.2. The largest absolute Gasteiger partial charge is 0.336 e. The van der Waals surface area contributed by atoms with E-state index >= 15 is 0 Å². The number of amides is 1. The number of carbonyl (C=O) groups excluding carboxylic acids is 1. The van der Waals surface area contributed by atoms with Crippen molar-refractivity contribution in [3.8, 4) is 0 Å². The van der Waals surface area contributed by atoms with Crippen molar-refractivity contribution in [2.45, 2.75) is 19.9 Å². The predicted octanol–water partition coefficient (Wildman–Crippen LogP) is 0.697. The van der Waals surface area contributed by atoms with Gasteiger partial charge in [0.1, 0.15) is 0 Å². The maximum atomic E-state index is 11.7. The zero-order chi connectivity index (χ0) is 11.5. The van der Waals surface area contributed by atoms with Gasteiger partial charge in [-0.3, -0.25) is 9.78 Å². The molecule has 0 radical (unpaired) electrons. The molecule has 0 aromatic carbocycles. The Morgan fingerprint density at radius 3 is 2.94 bits per heavy atom. The third-order valence-corrected chi connectivity index (χ3v) is 2.95. The Morgan fingerprint density at radius 2 is 2.38 bits per heavy atom. The van der Waals surface area contributed by atoms with Crippen molar-refractivity contribution in [2.24, 2.45) is 11.7 Å². The fourth-order valence-corrected chi connectivity index (χ4v) is 1.95. The van der Waals surface area contributed by atoms with E-state index in [1.165, 1.54) is 0 Å². The van der Waals surface area contributed by atoms with Crippen LogP contribution in [0.3, 0.4) is 0 Å². The van der Waals surface area contributed by atoms with Crippen molar-refractivity contribution in [1.29, 1.82) is 0 Å². The fourth-order valence-electron chi connectivity index (χ4n) is 1.95. The summed E-state index contributed by atoms with van der Waals surface area (Å²) >= 11 is 0. The molecule has 0 aliphatic carbocycles. The van der Waals surface area contributed by atoms with Crippen LogP contribution in [-0.4, -0.2) is 28.9 Å². The highest BCUT2D eigenvalue weighted by Gasteiger charge is 2.28. The summed E-state index contributed by atoms with van der Waals surface area (Å²) in [5.41, 5.74) is 7.65. The summed E-state index contributed by atoms with van der Waals surface area (Å²) in [4.78, 5) is 17.8. The van der Waals surface area contributed by atoms with E-state index < -0.39 is 0 Å². The Kier molecular flexibility index (Phi) is 3.19. The summed E-state index contributed by atoms with van der Waals surface area (Å²) in [5.74, 6) is 0.510. The molecule has 1 aliphatic rings. The zero-order valence-electron chi connectivity index (χ0n) is 9.52. The van der Waals surface area contributed by atoms with E-state index in [9.17, 15) is 4.79 Å². The molecule has 2 heterocycles. The molecule has 4 heteroatoms. The van der Waals surface area contributed by atoms with Crippen molar-refractivity contribution < 1.29 is 4.79 Å². The van der Waals surface area contributed by atoms with Crippen molar-refractivity contribution in [3.05, 3.63) is 29.6 Å². The topological polar surface area (TPSA) is 59.2 Å². The average molecular weight is 219 g/mol. The number of nitrogens with zero attached hydrogens (tertiary/aromatic N) is 2. The second-order valence-corrected chi connectivity index (χ2v) is 4.41. The van der Waals surface area contributed by atoms with E-state index in [0.717, 1.165) is 17.8 Å². The molecule has 1 aromatic heterocycles. The Balaban J connectivity index is 2.00. The molecule has 86 valence electrons. The van der Waals surface area contributed by atoms with Crippen molar-refractivity contribution in [3.63, 3.8) is 0 Å². The first-order chi connectivity index (χ1) is 7.69. The third-order valence-electron chi connectivity index (χ3n) is 2.95. The lowest BCUT2D eigenvalue weighted by Gasteiger charge is -2.15. The maximum Gasteiger partial charge on any atom is 0.223 e. The highest BCUT2D eigenvalue weighted by Crippen LogP contribution is 2.18. The first kappa shape index (κ1) is 11.1. The quantitative estimate of drug-likeness (QED) is 0.814. The minimum absolute atomic E-state index is 0.192. The van der Waals surface area contributed by atoms with Crippen LogP contribution in [0.25, 0.3) is 0 Å². The number of nitrogens with two attached hydrogens (primary N) is 1. The number of aryl methyl sites for hydroxylation is 1. The van der Waals surface area contributed by atoms with Gasteiger partial charge in [-0.2, -0.15) is 0 Å². The molecule has 1 saturated heterocycles. The fraction of sp³-hybridized carbons (Fsp3) is 0.500. The van der Waals surface area contributed by atoms with Gasteiger partial charge in [0.25, 0.3) is 0 Å². The molecule has 2 N–H and O–H groups in total. The van der Waals surface area contributed by atoms with Gasteiger partial charge in [0.15, 0.2) is 0 Å². The van der Waals surface area contributed by atoms with Gasteiger partial charge in [-0.05, 0) is 31.0 Å². The maximum absolute atomic E-state index is 11.7. The van der Waals surface area contributed by atoms with Crippen LogP contribution in [0.1, 0.15) is 17.7 Å². The van der Waals surface area contributed by atoms with Gasteiger partial charge in [0, 0.05) is 19.2 Å². The van der Waals surface area contributed by atoms with Crippen LogP contribution in [0.4, 0.5) is 0 Å². The van der Waals surface area contributed by atoms with E-state index in [1.807, 2.05) is 30.2 Å². The lowest BCUT2D eigenvalue weighted by Crippen LogP contribution is -2.26. The first-order valence-electron chi connectivity index (χ1n) is 5.58. The number of hydrogen-bond donors (Lipinski definition) is 1. The van der Waals surface area contributed by atoms with Crippen LogP contribution in [0, 0.1) is 12.8 Å². The summed E-state index contributed by atoms with van der Waals surface area (Å²) in [6, 6.07) is 3.99. The van der Waals surface area contributed by atoms with E-state index in [2.05, 4.69) is 4.98 Å². The Hall–Kier alpha value is -1.42. The molecule has 0 saturated carbocycles. The smallest absolute Gasteiger partial charge is 0.223 e. The Morgan fingerprint density at radius 1 is 1.56 bits per heavy atom. The number of pyridine rings is 1. The number of aromatic nitrogens is 1. The summed E-state index contributed by atoms with van der Waals surface area (Å²) in [6.45, 7) is 3.96. The monoisotopic (exact) mass is 219 g/mol. The molecule has 1 amide bonds. The second-order valence-electron chi connectivity index (χ2n) is 4.41. The van der Waals surface area contributed by atoms with Crippen LogP contribution in [0.2, 0.25) is 0 Å². The molecule has 1 aliphatic heterocycles. The van der Waals surface area contributed by atoms with Gasteiger partial charge >= 0.3 is 0 Å². The van der Waals surface area contributed by atoms with Gasteiger partial charge in [0.05, 0.1) is 12.2 Å². The summed E-state index contributed by atoms with van der Waals surface area (Å²) < 4.78 is 0. The van der Waals surface area contributed by atoms with Gasteiger partial charge in [0.2, 0.25) is 5.91 Å². The van der Waals surface area contributed by atoms with E-state index in [0.29, 0.717) is 25.4 Å². The third kappa shape index (κ3) is 2.39. The van der Waals surface area contributed by atoms with E-state index in [1.54, 1.807) is 0 Å². The molecule has 0 spiro atoms. The highest BCUT2D eigenvalue weighted by molar-refractivity contribution is 5.78. The molecular weight excluding hydrogens is 202 g/mol. The van der Waals surface area contributed by atoms with E-state index in [-0.39, 0.29) is 5.91 Å². The first-order valence-corrected chi connectivity index (χ1v) is 5.58. The van der Waals surface area contributed by atoms with Gasteiger partial charge in [-0.15, -0.1) is 0 Å².